The molecule has 0 aromatic rings. The minimum atomic E-state index is -1.00. The highest BCUT2D eigenvalue weighted by Gasteiger charge is 2.25. The van der Waals surface area contributed by atoms with Gasteiger partial charge in [-0.05, 0) is 32.6 Å². The SMILES string of the molecule is CC=CC=CC(=O)N[C@@H](CCCC(=O)O)C(=O)O[C@@H](CCCCCCCCCCCCC)CC(N)=O. The number of amides is 2. The van der Waals surface area contributed by atoms with Crippen LogP contribution in [-0.2, 0) is 23.9 Å². The summed E-state index contributed by atoms with van der Waals surface area (Å²) in [6.45, 7) is 4.03. The number of nitrogens with one attached hydrogen (secondary N) is 1. The second-order valence-electron chi connectivity index (χ2n) is 9.29. The van der Waals surface area contributed by atoms with Gasteiger partial charge in [-0.15, -0.1) is 0 Å². The Bertz CT molecular complexity index is 690. The number of carboxylic acids is 1. The predicted octanol–water partition coefficient (Wildman–Crippen LogP) is 5.35. The summed E-state index contributed by atoms with van der Waals surface area (Å²) < 4.78 is 5.56. The van der Waals surface area contributed by atoms with E-state index in [2.05, 4.69) is 12.2 Å². The van der Waals surface area contributed by atoms with Crippen molar-refractivity contribution >= 4 is 23.8 Å². The topological polar surface area (TPSA) is 136 Å². The predicted molar refractivity (Wildman–Crippen MR) is 142 cm³/mol. The molecule has 0 fully saturated rings. The fourth-order valence-corrected chi connectivity index (χ4v) is 3.89. The van der Waals surface area contributed by atoms with Gasteiger partial charge in [0.25, 0.3) is 0 Å². The largest absolute Gasteiger partial charge is 0.481 e. The van der Waals surface area contributed by atoms with Gasteiger partial charge in [0.2, 0.25) is 11.8 Å². The fourth-order valence-electron chi connectivity index (χ4n) is 3.89. The van der Waals surface area contributed by atoms with E-state index in [4.69, 9.17) is 15.6 Å². The molecule has 206 valence electrons. The highest BCUT2D eigenvalue weighted by atomic mass is 16.5. The maximum absolute atomic E-state index is 12.8. The molecule has 2 amide bonds. The standard InChI is InChI=1S/C28H48N2O6/c1-3-5-7-8-9-10-11-12-13-14-16-18-23(22-25(29)31)36-28(35)24(19-17-21-27(33)34)30-26(32)20-15-6-4-2/h4,6,15,20,23-24H,3,5,7-14,16-19,21-22H2,1-2H3,(H2,29,31)(H,30,32)(H,33,34)/t23-,24-/m0/s1. The zero-order chi connectivity index (χ0) is 27.0. The monoisotopic (exact) mass is 508 g/mol. The summed E-state index contributed by atoms with van der Waals surface area (Å²) in [5.74, 6) is -2.70. The highest BCUT2D eigenvalue weighted by molar-refractivity contribution is 5.91. The Kier molecular flexibility index (Phi) is 21.1. The van der Waals surface area contributed by atoms with Crippen LogP contribution in [0.2, 0.25) is 0 Å². The third-order valence-electron chi connectivity index (χ3n) is 5.88. The molecular formula is C28H48N2O6. The lowest BCUT2D eigenvalue weighted by atomic mass is 10.0. The molecule has 0 saturated carbocycles. The third kappa shape index (κ3) is 20.7. The van der Waals surface area contributed by atoms with Crippen LogP contribution in [0.15, 0.2) is 24.3 Å². The van der Waals surface area contributed by atoms with Crippen LogP contribution in [0.3, 0.4) is 0 Å². The highest BCUT2D eigenvalue weighted by Crippen LogP contribution is 2.16. The lowest BCUT2D eigenvalue weighted by Crippen LogP contribution is -2.43. The maximum Gasteiger partial charge on any atom is 0.328 e. The van der Waals surface area contributed by atoms with E-state index < -0.39 is 35.9 Å². The van der Waals surface area contributed by atoms with Crippen molar-refractivity contribution in [3.8, 4) is 0 Å². The molecule has 0 aliphatic heterocycles. The van der Waals surface area contributed by atoms with Gasteiger partial charge in [-0.3, -0.25) is 14.4 Å². The van der Waals surface area contributed by atoms with Crippen molar-refractivity contribution in [2.45, 2.75) is 129 Å². The van der Waals surface area contributed by atoms with Gasteiger partial charge in [0.05, 0.1) is 6.42 Å². The summed E-state index contributed by atoms with van der Waals surface area (Å²) in [6, 6.07) is -1.00. The first-order valence-electron chi connectivity index (χ1n) is 13.6. The Labute approximate surface area is 217 Å². The van der Waals surface area contributed by atoms with E-state index in [-0.39, 0.29) is 25.7 Å². The molecule has 8 nitrogen and oxygen atoms in total. The lowest BCUT2D eigenvalue weighted by molar-refractivity contribution is -0.154. The molecule has 0 heterocycles. The number of primary amides is 1. The van der Waals surface area contributed by atoms with E-state index in [9.17, 15) is 19.2 Å². The molecule has 2 atom stereocenters. The van der Waals surface area contributed by atoms with Crippen molar-refractivity contribution in [3.63, 3.8) is 0 Å². The van der Waals surface area contributed by atoms with E-state index in [1.165, 1.54) is 63.5 Å². The van der Waals surface area contributed by atoms with Crippen LogP contribution in [0.1, 0.15) is 117 Å². The number of ether oxygens (including phenoxy) is 1. The minimum absolute atomic E-state index is 0.0828. The summed E-state index contributed by atoms with van der Waals surface area (Å²) in [4.78, 5) is 47.3. The first-order valence-corrected chi connectivity index (χ1v) is 13.6. The van der Waals surface area contributed by atoms with Crippen LogP contribution in [0.25, 0.3) is 0 Å². The molecule has 0 saturated heterocycles. The van der Waals surface area contributed by atoms with Gasteiger partial charge in [-0.2, -0.15) is 0 Å². The van der Waals surface area contributed by atoms with Crippen molar-refractivity contribution in [2.75, 3.05) is 0 Å². The molecule has 0 aliphatic rings. The van der Waals surface area contributed by atoms with Gasteiger partial charge in [0.1, 0.15) is 12.1 Å². The van der Waals surface area contributed by atoms with Gasteiger partial charge in [0.15, 0.2) is 0 Å². The smallest absolute Gasteiger partial charge is 0.328 e. The summed E-state index contributed by atoms with van der Waals surface area (Å²) in [5, 5.41) is 11.5. The van der Waals surface area contributed by atoms with Crippen LogP contribution in [0.5, 0.6) is 0 Å². The molecule has 4 N–H and O–H groups in total. The van der Waals surface area contributed by atoms with Gasteiger partial charge >= 0.3 is 11.9 Å². The molecule has 0 radical (unpaired) electrons. The first-order chi connectivity index (χ1) is 17.3. The summed E-state index contributed by atoms with van der Waals surface area (Å²) in [7, 11) is 0. The van der Waals surface area contributed by atoms with Crippen LogP contribution >= 0.6 is 0 Å². The maximum atomic E-state index is 12.8. The molecule has 0 aromatic carbocycles. The number of hydrogen-bond donors (Lipinski definition) is 3. The summed E-state index contributed by atoms with van der Waals surface area (Å²) in [6.07, 6.45) is 19.3. The van der Waals surface area contributed by atoms with Gasteiger partial charge < -0.3 is 20.9 Å². The molecule has 0 unspecified atom stereocenters. The van der Waals surface area contributed by atoms with Crippen LogP contribution < -0.4 is 11.1 Å². The molecule has 0 aromatic heterocycles. The van der Waals surface area contributed by atoms with Crippen LogP contribution in [-0.4, -0.2) is 41.0 Å². The molecule has 0 spiro atoms. The van der Waals surface area contributed by atoms with Gasteiger partial charge in [-0.1, -0.05) is 89.4 Å². The zero-order valence-electron chi connectivity index (χ0n) is 22.3. The van der Waals surface area contributed by atoms with E-state index in [1.54, 1.807) is 12.2 Å². The van der Waals surface area contributed by atoms with Gasteiger partial charge in [0, 0.05) is 12.5 Å². The zero-order valence-corrected chi connectivity index (χ0v) is 22.3. The number of unbranched alkanes of at least 4 members (excludes halogenated alkanes) is 10. The Hall–Kier alpha value is -2.64. The van der Waals surface area contributed by atoms with E-state index >= 15 is 0 Å². The number of allylic oxidation sites excluding steroid dienone is 3. The van der Waals surface area contributed by atoms with Crippen LogP contribution in [0.4, 0.5) is 0 Å². The molecular weight excluding hydrogens is 460 g/mol. The molecule has 0 bridgehead atoms. The van der Waals surface area contributed by atoms with Gasteiger partial charge in [-0.25, -0.2) is 4.79 Å². The third-order valence-corrected chi connectivity index (χ3v) is 5.88. The fraction of sp³-hybridized carbons (Fsp3) is 0.714. The normalized spacial score (nSPS) is 13.1. The molecule has 0 rings (SSSR count). The van der Waals surface area contributed by atoms with Crippen molar-refractivity contribution in [3.05, 3.63) is 24.3 Å². The molecule has 0 aliphatic carbocycles. The summed E-state index contributed by atoms with van der Waals surface area (Å²) in [5.41, 5.74) is 5.36. The average molecular weight is 509 g/mol. The Balaban J connectivity index is 4.64. The summed E-state index contributed by atoms with van der Waals surface area (Å²) >= 11 is 0. The van der Waals surface area contributed by atoms with E-state index in [0.717, 1.165) is 19.3 Å². The first kappa shape index (κ1) is 33.4. The molecule has 36 heavy (non-hydrogen) atoms. The number of rotatable bonds is 23. The van der Waals surface area contributed by atoms with Crippen LogP contribution in [0, 0.1) is 0 Å². The number of carboxylic acid groups (broad SMARTS) is 1. The minimum Gasteiger partial charge on any atom is -0.481 e. The number of nitrogens with two attached hydrogens (primary N) is 1. The second-order valence-corrected chi connectivity index (χ2v) is 9.29. The number of hydrogen-bond acceptors (Lipinski definition) is 5. The quantitative estimate of drug-likeness (QED) is 0.0737. The lowest BCUT2D eigenvalue weighted by Gasteiger charge is -2.22. The molecule has 8 heteroatoms. The van der Waals surface area contributed by atoms with E-state index in [1.807, 2.05) is 6.92 Å². The number of carbonyl (C=O) groups is 4. The Morgan fingerprint density at radius 1 is 0.861 bits per heavy atom. The number of esters is 1. The Morgan fingerprint density at radius 3 is 1.97 bits per heavy atom. The van der Waals surface area contributed by atoms with E-state index in [0.29, 0.717) is 6.42 Å². The van der Waals surface area contributed by atoms with Crippen molar-refractivity contribution < 1.29 is 29.0 Å². The second kappa shape index (κ2) is 22.8. The average Bonchev–Trinajstić information content (AvgIpc) is 2.81. The van der Waals surface area contributed by atoms with Crippen molar-refractivity contribution in [2.24, 2.45) is 5.73 Å². The van der Waals surface area contributed by atoms with Crippen molar-refractivity contribution in [1.29, 1.82) is 0 Å². The number of aliphatic carboxylic acids is 1. The number of carbonyl (C=O) groups excluding carboxylic acids is 3. The Morgan fingerprint density at radius 2 is 1.44 bits per heavy atom. The van der Waals surface area contributed by atoms with Crippen molar-refractivity contribution in [1.82, 2.24) is 5.32 Å².